The first kappa shape index (κ1) is 12.1. The van der Waals surface area contributed by atoms with Crippen LogP contribution in [0.25, 0.3) is 0 Å². The molecule has 0 rings (SSSR count). The van der Waals surface area contributed by atoms with Crippen molar-refractivity contribution in [2.24, 2.45) is 11.5 Å². The predicted molar refractivity (Wildman–Crippen MR) is 47.7 cm³/mol. The fourth-order valence-electron chi connectivity index (χ4n) is 0.711. The van der Waals surface area contributed by atoms with Gasteiger partial charge in [0.05, 0.1) is 6.61 Å². The highest BCUT2D eigenvalue weighted by Crippen LogP contribution is 2.06. The molecule has 0 saturated carbocycles. The molecule has 13 heavy (non-hydrogen) atoms. The summed E-state index contributed by atoms with van der Waals surface area (Å²) in [6.07, 6.45) is 2.65. The molecule has 0 spiro atoms. The normalized spacial score (nSPS) is 15.7. The summed E-state index contributed by atoms with van der Waals surface area (Å²) in [4.78, 5) is 11.1. The SMILES string of the molecule is CCOC(=O)[C@@](N)(/C=C/CN)CF. The number of esters is 1. The summed E-state index contributed by atoms with van der Waals surface area (Å²) in [5, 5.41) is 0. The Kier molecular flexibility index (Phi) is 5.25. The number of nitrogens with two attached hydrogens (primary N) is 2. The predicted octanol–water partition coefficient (Wildman–Crippen LogP) is -0.269. The second kappa shape index (κ2) is 5.66. The maximum absolute atomic E-state index is 12.4. The van der Waals surface area contributed by atoms with Crippen molar-refractivity contribution in [2.45, 2.75) is 12.5 Å². The molecule has 0 aliphatic rings. The number of rotatable bonds is 5. The highest BCUT2D eigenvalue weighted by Gasteiger charge is 2.32. The van der Waals surface area contributed by atoms with Crippen LogP contribution >= 0.6 is 0 Å². The van der Waals surface area contributed by atoms with Crippen LogP contribution in [0, 0.1) is 0 Å². The molecule has 0 saturated heterocycles. The molecule has 76 valence electrons. The lowest BCUT2D eigenvalue weighted by atomic mass is 10.0. The maximum atomic E-state index is 12.4. The van der Waals surface area contributed by atoms with Crippen molar-refractivity contribution in [3.8, 4) is 0 Å². The van der Waals surface area contributed by atoms with Gasteiger partial charge in [0, 0.05) is 6.54 Å². The molecule has 0 bridgehead atoms. The Labute approximate surface area is 76.7 Å². The van der Waals surface area contributed by atoms with Crippen LogP contribution in [-0.2, 0) is 9.53 Å². The van der Waals surface area contributed by atoms with Crippen molar-refractivity contribution in [3.05, 3.63) is 12.2 Å². The third-order valence-electron chi connectivity index (χ3n) is 1.43. The average molecular weight is 190 g/mol. The molecule has 0 unspecified atom stereocenters. The molecule has 1 atom stereocenters. The molecule has 0 aromatic heterocycles. The second-order valence-corrected chi connectivity index (χ2v) is 2.53. The Morgan fingerprint density at radius 2 is 2.31 bits per heavy atom. The Bertz CT molecular complexity index is 197. The average Bonchev–Trinajstić information content (AvgIpc) is 2.14. The van der Waals surface area contributed by atoms with Gasteiger partial charge in [0.15, 0.2) is 5.54 Å². The van der Waals surface area contributed by atoms with Crippen LogP contribution in [0.1, 0.15) is 6.92 Å². The van der Waals surface area contributed by atoms with E-state index in [1.54, 1.807) is 6.92 Å². The number of carbonyl (C=O) groups is 1. The molecule has 0 aromatic carbocycles. The summed E-state index contributed by atoms with van der Waals surface area (Å²) in [5.74, 6) is -0.776. The molecule has 0 aliphatic heterocycles. The van der Waals surface area contributed by atoms with E-state index in [9.17, 15) is 9.18 Å². The molecule has 5 heteroatoms. The van der Waals surface area contributed by atoms with Gasteiger partial charge in [-0.2, -0.15) is 0 Å². The van der Waals surface area contributed by atoms with Gasteiger partial charge in [-0.3, -0.25) is 0 Å². The molecular weight excluding hydrogens is 175 g/mol. The summed E-state index contributed by atoms with van der Waals surface area (Å²) < 4.78 is 17.0. The topological polar surface area (TPSA) is 78.3 Å². The smallest absolute Gasteiger partial charge is 0.332 e. The number of halogens is 1. The Morgan fingerprint density at radius 1 is 1.69 bits per heavy atom. The van der Waals surface area contributed by atoms with Crippen LogP contribution in [0.5, 0.6) is 0 Å². The Balaban J connectivity index is 4.42. The largest absolute Gasteiger partial charge is 0.464 e. The number of hydrogen-bond donors (Lipinski definition) is 2. The highest BCUT2D eigenvalue weighted by atomic mass is 19.1. The zero-order valence-corrected chi connectivity index (χ0v) is 7.63. The second-order valence-electron chi connectivity index (χ2n) is 2.53. The molecule has 4 nitrogen and oxygen atoms in total. The van der Waals surface area contributed by atoms with Crippen molar-refractivity contribution in [2.75, 3.05) is 19.8 Å². The van der Waals surface area contributed by atoms with Gasteiger partial charge in [0.1, 0.15) is 6.67 Å². The molecule has 0 aliphatic carbocycles. The number of ether oxygens (including phenoxy) is 1. The molecule has 0 aromatic rings. The van der Waals surface area contributed by atoms with E-state index in [2.05, 4.69) is 4.74 Å². The first-order valence-electron chi connectivity index (χ1n) is 4.00. The van der Waals surface area contributed by atoms with Gasteiger partial charge < -0.3 is 16.2 Å². The monoisotopic (exact) mass is 190 g/mol. The first-order valence-corrected chi connectivity index (χ1v) is 4.00. The van der Waals surface area contributed by atoms with Crippen molar-refractivity contribution in [3.63, 3.8) is 0 Å². The van der Waals surface area contributed by atoms with Gasteiger partial charge in [-0.05, 0) is 6.92 Å². The molecular formula is C8H15FN2O2. The van der Waals surface area contributed by atoms with E-state index >= 15 is 0 Å². The first-order chi connectivity index (χ1) is 6.10. The van der Waals surface area contributed by atoms with Crippen LogP contribution in [-0.4, -0.2) is 31.3 Å². The van der Waals surface area contributed by atoms with Crippen molar-refractivity contribution >= 4 is 5.97 Å². The van der Waals surface area contributed by atoms with Gasteiger partial charge in [-0.15, -0.1) is 0 Å². The van der Waals surface area contributed by atoms with Gasteiger partial charge in [-0.1, -0.05) is 12.2 Å². The standard InChI is InChI=1S/C8H15FN2O2/c1-2-13-7(12)8(11,6-9)4-3-5-10/h3-4H,2,5-6,10-11H2,1H3/b4-3+/t8-/m1/s1. The lowest BCUT2D eigenvalue weighted by Gasteiger charge is -2.19. The van der Waals surface area contributed by atoms with Crippen LogP contribution < -0.4 is 11.5 Å². The van der Waals surface area contributed by atoms with E-state index in [-0.39, 0.29) is 13.2 Å². The quantitative estimate of drug-likeness (QED) is 0.462. The molecule has 0 fully saturated rings. The van der Waals surface area contributed by atoms with Crippen molar-refractivity contribution in [1.82, 2.24) is 0 Å². The van der Waals surface area contributed by atoms with E-state index in [1.807, 2.05) is 0 Å². The Hall–Kier alpha value is -0.940. The minimum atomic E-state index is -1.69. The molecule has 0 heterocycles. The van der Waals surface area contributed by atoms with E-state index < -0.39 is 18.2 Å². The molecule has 0 radical (unpaired) electrons. The lowest BCUT2D eigenvalue weighted by Crippen LogP contribution is -2.49. The summed E-state index contributed by atoms with van der Waals surface area (Å²) >= 11 is 0. The van der Waals surface area contributed by atoms with Crippen LogP contribution in [0.3, 0.4) is 0 Å². The number of carbonyl (C=O) groups excluding carboxylic acids is 1. The Morgan fingerprint density at radius 3 is 2.69 bits per heavy atom. The molecule has 4 N–H and O–H groups in total. The minimum Gasteiger partial charge on any atom is -0.464 e. The third kappa shape index (κ3) is 3.52. The molecule has 0 amide bonds. The van der Waals surface area contributed by atoms with Crippen LogP contribution in [0.2, 0.25) is 0 Å². The highest BCUT2D eigenvalue weighted by molar-refractivity contribution is 5.83. The van der Waals surface area contributed by atoms with E-state index in [0.717, 1.165) is 0 Å². The zero-order valence-electron chi connectivity index (χ0n) is 7.63. The van der Waals surface area contributed by atoms with E-state index in [1.165, 1.54) is 12.2 Å². The van der Waals surface area contributed by atoms with Gasteiger partial charge >= 0.3 is 5.97 Å². The van der Waals surface area contributed by atoms with Crippen molar-refractivity contribution < 1.29 is 13.9 Å². The van der Waals surface area contributed by atoms with Gasteiger partial charge in [0.2, 0.25) is 0 Å². The van der Waals surface area contributed by atoms with Crippen molar-refractivity contribution in [1.29, 1.82) is 0 Å². The lowest BCUT2D eigenvalue weighted by molar-refractivity contribution is -0.148. The summed E-state index contributed by atoms with van der Waals surface area (Å²) in [6.45, 7) is 1.01. The van der Waals surface area contributed by atoms with Gasteiger partial charge in [0.25, 0.3) is 0 Å². The summed E-state index contributed by atoms with van der Waals surface area (Å²) in [5.41, 5.74) is 8.88. The van der Waals surface area contributed by atoms with Crippen LogP contribution in [0.15, 0.2) is 12.2 Å². The summed E-state index contributed by atoms with van der Waals surface area (Å²) in [6, 6.07) is 0. The zero-order chi connectivity index (χ0) is 10.3. The number of alkyl halides is 1. The van der Waals surface area contributed by atoms with Crippen LogP contribution in [0.4, 0.5) is 4.39 Å². The fourth-order valence-corrected chi connectivity index (χ4v) is 0.711. The van der Waals surface area contributed by atoms with E-state index in [0.29, 0.717) is 0 Å². The fraction of sp³-hybridized carbons (Fsp3) is 0.625. The number of hydrogen-bond acceptors (Lipinski definition) is 4. The summed E-state index contributed by atoms with van der Waals surface area (Å²) in [7, 11) is 0. The third-order valence-corrected chi connectivity index (χ3v) is 1.43. The van der Waals surface area contributed by atoms with E-state index in [4.69, 9.17) is 11.5 Å². The maximum Gasteiger partial charge on any atom is 0.332 e. The van der Waals surface area contributed by atoms with Gasteiger partial charge in [-0.25, -0.2) is 9.18 Å². The minimum absolute atomic E-state index is 0.175.